The van der Waals surface area contributed by atoms with Crippen LogP contribution in [0.1, 0.15) is 29.8 Å². The number of aromatic nitrogens is 1. The number of anilines is 1. The third-order valence-electron chi connectivity index (χ3n) is 3.40. The van der Waals surface area contributed by atoms with E-state index in [9.17, 15) is 9.59 Å². The zero-order valence-electron chi connectivity index (χ0n) is 11.8. The molecule has 1 saturated heterocycles. The van der Waals surface area contributed by atoms with Gasteiger partial charge in [-0.25, -0.2) is 14.6 Å². The molecule has 21 heavy (non-hydrogen) atoms. The van der Waals surface area contributed by atoms with Gasteiger partial charge in [0.05, 0.1) is 11.9 Å². The van der Waals surface area contributed by atoms with Crippen LogP contribution in [-0.4, -0.2) is 53.2 Å². The van der Waals surface area contributed by atoms with Crippen LogP contribution in [0.25, 0.3) is 0 Å². The van der Waals surface area contributed by atoms with Crippen molar-refractivity contribution in [3.8, 4) is 0 Å². The lowest BCUT2D eigenvalue weighted by molar-refractivity contribution is 0.0690. The minimum absolute atomic E-state index is 0.0499. The van der Waals surface area contributed by atoms with Crippen LogP contribution in [0.4, 0.5) is 10.5 Å². The Labute approximate surface area is 123 Å². The van der Waals surface area contributed by atoms with Gasteiger partial charge in [-0.15, -0.1) is 0 Å². The van der Waals surface area contributed by atoms with E-state index >= 15 is 0 Å². The summed E-state index contributed by atoms with van der Waals surface area (Å²) in [6.45, 7) is 3.64. The zero-order chi connectivity index (χ0) is 15.1. The summed E-state index contributed by atoms with van der Waals surface area (Å²) < 4.78 is 0. The van der Waals surface area contributed by atoms with Gasteiger partial charge in [-0.3, -0.25) is 0 Å². The number of nitrogens with one attached hydrogen (secondary N) is 2. The minimum atomic E-state index is -1.09. The molecule has 2 heterocycles. The lowest BCUT2D eigenvalue weighted by Crippen LogP contribution is -2.39. The molecular formula is C14H20N4O3. The van der Waals surface area contributed by atoms with Gasteiger partial charge in [0.2, 0.25) is 0 Å². The van der Waals surface area contributed by atoms with Crippen LogP contribution in [0.5, 0.6) is 0 Å². The number of likely N-dealkylation sites (tertiary alicyclic amines) is 1. The van der Waals surface area contributed by atoms with Crippen molar-refractivity contribution in [3.63, 3.8) is 0 Å². The fourth-order valence-corrected chi connectivity index (χ4v) is 2.28. The highest BCUT2D eigenvalue weighted by Crippen LogP contribution is 2.08. The zero-order valence-corrected chi connectivity index (χ0v) is 11.8. The van der Waals surface area contributed by atoms with Gasteiger partial charge in [-0.2, -0.15) is 0 Å². The average Bonchev–Trinajstić information content (AvgIpc) is 2.49. The predicted octanol–water partition coefficient (Wildman–Crippen LogP) is 1.39. The van der Waals surface area contributed by atoms with Crippen LogP contribution in [0.3, 0.4) is 0 Å². The minimum Gasteiger partial charge on any atom is -0.477 e. The summed E-state index contributed by atoms with van der Waals surface area (Å²) >= 11 is 0. The first-order valence-electron chi connectivity index (χ1n) is 7.12. The summed E-state index contributed by atoms with van der Waals surface area (Å²) in [6, 6.07) is 2.56. The Morgan fingerprint density at radius 2 is 2.00 bits per heavy atom. The maximum atomic E-state index is 11.7. The van der Waals surface area contributed by atoms with Crippen LogP contribution in [0.2, 0.25) is 0 Å². The van der Waals surface area contributed by atoms with Crippen LogP contribution in [-0.2, 0) is 0 Å². The Bertz CT molecular complexity index is 483. The molecule has 0 bridgehead atoms. The van der Waals surface area contributed by atoms with E-state index in [0.29, 0.717) is 12.2 Å². The van der Waals surface area contributed by atoms with Crippen LogP contribution in [0.15, 0.2) is 18.3 Å². The molecule has 1 aliphatic heterocycles. The number of nitrogens with zero attached hydrogens (tertiary/aromatic N) is 2. The van der Waals surface area contributed by atoms with Crippen molar-refractivity contribution < 1.29 is 14.7 Å². The van der Waals surface area contributed by atoms with E-state index in [-0.39, 0.29) is 11.7 Å². The number of pyridine rings is 1. The van der Waals surface area contributed by atoms with E-state index in [2.05, 4.69) is 20.5 Å². The van der Waals surface area contributed by atoms with E-state index in [4.69, 9.17) is 5.11 Å². The molecule has 0 saturated carbocycles. The number of carboxylic acids is 1. The molecule has 7 heteroatoms. The van der Waals surface area contributed by atoms with Crippen LogP contribution < -0.4 is 10.6 Å². The molecule has 0 aliphatic carbocycles. The molecule has 2 amide bonds. The van der Waals surface area contributed by atoms with Gasteiger partial charge in [-0.05, 0) is 38.1 Å². The van der Waals surface area contributed by atoms with Crippen molar-refractivity contribution in [2.24, 2.45) is 0 Å². The number of rotatable bonds is 5. The molecule has 0 radical (unpaired) electrons. The normalized spacial score (nSPS) is 15.4. The van der Waals surface area contributed by atoms with Gasteiger partial charge >= 0.3 is 12.0 Å². The summed E-state index contributed by atoms with van der Waals surface area (Å²) in [6.07, 6.45) is 5.08. The molecule has 2 rings (SSSR count). The lowest BCUT2D eigenvalue weighted by Gasteiger charge is -2.26. The Hall–Kier alpha value is -2.15. The first-order chi connectivity index (χ1) is 10.1. The predicted molar refractivity (Wildman–Crippen MR) is 78.5 cm³/mol. The fraction of sp³-hybridized carbons (Fsp3) is 0.500. The van der Waals surface area contributed by atoms with E-state index in [1.54, 1.807) is 0 Å². The highest BCUT2D eigenvalue weighted by Gasteiger charge is 2.10. The van der Waals surface area contributed by atoms with Crippen molar-refractivity contribution in [3.05, 3.63) is 24.0 Å². The van der Waals surface area contributed by atoms with Crippen LogP contribution >= 0.6 is 0 Å². The van der Waals surface area contributed by atoms with E-state index < -0.39 is 5.97 Å². The molecule has 114 valence electrons. The van der Waals surface area contributed by atoms with E-state index in [0.717, 1.165) is 19.6 Å². The third kappa shape index (κ3) is 5.03. The fourth-order valence-electron chi connectivity index (χ4n) is 2.28. The smallest absolute Gasteiger partial charge is 0.354 e. The molecule has 0 spiro atoms. The largest absolute Gasteiger partial charge is 0.477 e. The first kappa shape index (κ1) is 15.2. The van der Waals surface area contributed by atoms with Gasteiger partial charge in [-0.1, -0.05) is 6.42 Å². The van der Waals surface area contributed by atoms with Gasteiger partial charge in [0.15, 0.2) is 0 Å². The molecule has 1 aromatic heterocycles. The van der Waals surface area contributed by atoms with E-state index in [1.807, 2.05) is 0 Å². The Balaban J connectivity index is 1.70. The highest BCUT2D eigenvalue weighted by atomic mass is 16.4. The molecular weight excluding hydrogens is 272 g/mol. The van der Waals surface area contributed by atoms with E-state index in [1.165, 1.54) is 37.6 Å². The summed E-state index contributed by atoms with van der Waals surface area (Å²) in [7, 11) is 0. The second-order valence-electron chi connectivity index (χ2n) is 5.02. The number of piperidine rings is 1. The highest BCUT2D eigenvalue weighted by molar-refractivity contribution is 5.90. The van der Waals surface area contributed by atoms with Crippen molar-refractivity contribution in [1.82, 2.24) is 15.2 Å². The third-order valence-corrected chi connectivity index (χ3v) is 3.40. The second-order valence-corrected chi connectivity index (χ2v) is 5.02. The maximum Gasteiger partial charge on any atom is 0.354 e. The van der Waals surface area contributed by atoms with Crippen molar-refractivity contribution >= 4 is 17.7 Å². The van der Waals surface area contributed by atoms with Crippen molar-refractivity contribution in [2.45, 2.75) is 19.3 Å². The topological polar surface area (TPSA) is 94.6 Å². The quantitative estimate of drug-likeness (QED) is 0.762. The number of aromatic carboxylic acids is 1. The van der Waals surface area contributed by atoms with Crippen molar-refractivity contribution in [2.75, 3.05) is 31.5 Å². The summed E-state index contributed by atoms with van der Waals surface area (Å²) in [4.78, 5) is 28.4. The number of carbonyl (C=O) groups excluding carboxylic acids is 1. The Morgan fingerprint density at radius 1 is 1.24 bits per heavy atom. The van der Waals surface area contributed by atoms with Gasteiger partial charge in [0.1, 0.15) is 5.69 Å². The molecule has 1 aliphatic rings. The monoisotopic (exact) mass is 292 g/mol. The Morgan fingerprint density at radius 3 is 2.62 bits per heavy atom. The molecule has 3 N–H and O–H groups in total. The molecule has 1 aromatic rings. The van der Waals surface area contributed by atoms with Gasteiger partial charge in [0, 0.05) is 13.1 Å². The standard InChI is InChI=1S/C14H20N4O3/c19-13(20)12-5-4-11(10-16-12)17-14(21)15-6-9-18-7-2-1-3-8-18/h4-5,10H,1-3,6-9H2,(H,19,20)(H2,15,17,21). The van der Waals surface area contributed by atoms with Crippen molar-refractivity contribution in [1.29, 1.82) is 0 Å². The average molecular weight is 292 g/mol. The van der Waals surface area contributed by atoms with Crippen LogP contribution in [0, 0.1) is 0 Å². The lowest BCUT2D eigenvalue weighted by atomic mass is 10.1. The summed E-state index contributed by atoms with van der Waals surface area (Å²) in [5, 5.41) is 14.1. The summed E-state index contributed by atoms with van der Waals surface area (Å²) in [5.41, 5.74) is 0.418. The number of hydrogen-bond donors (Lipinski definition) is 3. The number of hydrogen-bond acceptors (Lipinski definition) is 4. The molecule has 0 aromatic carbocycles. The maximum absolute atomic E-state index is 11.7. The summed E-state index contributed by atoms with van der Waals surface area (Å²) in [5.74, 6) is -1.09. The first-order valence-corrected chi connectivity index (χ1v) is 7.12. The van der Waals surface area contributed by atoms with Gasteiger partial charge < -0.3 is 20.6 Å². The SMILES string of the molecule is O=C(NCCN1CCCCC1)Nc1ccc(C(=O)O)nc1. The number of carboxylic acid groups (broad SMARTS) is 1. The molecule has 7 nitrogen and oxygen atoms in total. The second kappa shape index (κ2) is 7.58. The number of carbonyl (C=O) groups is 2. The molecule has 0 atom stereocenters. The molecule has 0 unspecified atom stereocenters. The number of urea groups is 1. The number of amides is 2. The molecule has 1 fully saturated rings. The Kier molecular flexibility index (Phi) is 5.51. The van der Waals surface area contributed by atoms with Gasteiger partial charge in [0.25, 0.3) is 0 Å².